The molecule has 2 amide bonds. The predicted molar refractivity (Wildman–Crippen MR) is 95.9 cm³/mol. The van der Waals surface area contributed by atoms with Gasteiger partial charge < -0.3 is 19.0 Å². The van der Waals surface area contributed by atoms with Crippen molar-refractivity contribution in [3.05, 3.63) is 17.8 Å². The molecule has 0 saturated carbocycles. The van der Waals surface area contributed by atoms with Crippen LogP contribution in [0, 0.1) is 6.92 Å². The zero-order valence-corrected chi connectivity index (χ0v) is 16.2. The molecule has 2 aliphatic rings. The van der Waals surface area contributed by atoms with Crippen molar-refractivity contribution in [3.8, 4) is 0 Å². The summed E-state index contributed by atoms with van der Waals surface area (Å²) in [5.41, 5.74) is -0.155. The first-order chi connectivity index (χ1) is 12.3. The number of hydrogen-bond donors (Lipinski definition) is 0. The zero-order valence-electron chi connectivity index (χ0n) is 16.2. The molecule has 1 aromatic rings. The average Bonchev–Trinajstić information content (AvgIpc) is 3.11. The Morgan fingerprint density at radius 1 is 1.12 bits per heavy atom. The van der Waals surface area contributed by atoms with E-state index in [-0.39, 0.29) is 24.1 Å². The van der Waals surface area contributed by atoms with E-state index in [4.69, 9.17) is 9.15 Å². The van der Waals surface area contributed by atoms with Crippen molar-refractivity contribution in [3.63, 3.8) is 0 Å². The quantitative estimate of drug-likeness (QED) is 0.764. The molecule has 26 heavy (non-hydrogen) atoms. The van der Waals surface area contributed by atoms with E-state index in [2.05, 4.69) is 4.98 Å². The lowest BCUT2D eigenvalue weighted by atomic mass is 9.97. The molecule has 0 radical (unpaired) electrons. The van der Waals surface area contributed by atoms with Crippen molar-refractivity contribution in [2.24, 2.45) is 0 Å². The van der Waals surface area contributed by atoms with Gasteiger partial charge in [0.15, 0.2) is 12.1 Å². The first-order valence-corrected chi connectivity index (χ1v) is 9.48. The van der Waals surface area contributed by atoms with Gasteiger partial charge in [0, 0.05) is 13.1 Å². The maximum absolute atomic E-state index is 13.0. The first-order valence-electron chi connectivity index (χ1n) is 9.48. The molecule has 7 heteroatoms. The highest BCUT2D eigenvalue weighted by molar-refractivity contribution is 5.93. The van der Waals surface area contributed by atoms with E-state index in [1.165, 1.54) is 6.39 Å². The van der Waals surface area contributed by atoms with Crippen LogP contribution in [0.5, 0.6) is 0 Å². The number of carbonyl (C=O) groups is 2. The Morgan fingerprint density at radius 2 is 1.85 bits per heavy atom. The molecular formula is C19H29N3O4. The molecule has 1 aromatic heterocycles. The maximum Gasteiger partial charge on any atom is 0.410 e. The number of aromatic nitrogens is 1. The van der Waals surface area contributed by atoms with Gasteiger partial charge in [-0.15, -0.1) is 0 Å². The van der Waals surface area contributed by atoms with Crippen molar-refractivity contribution in [1.82, 2.24) is 14.8 Å². The minimum Gasteiger partial charge on any atom is -0.448 e. The molecule has 0 aliphatic carbocycles. The molecule has 3 heterocycles. The molecule has 0 spiro atoms. The highest BCUT2D eigenvalue weighted by Crippen LogP contribution is 2.32. The number of amides is 2. The summed E-state index contributed by atoms with van der Waals surface area (Å²) in [5, 5.41) is 0. The van der Waals surface area contributed by atoms with E-state index in [0.717, 1.165) is 32.1 Å². The second-order valence-electron chi connectivity index (χ2n) is 8.20. The Morgan fingerprint density at radius 3 is 2.50 bits per heavy atom. The number of ether oxygens (including phenoxy) is 1. The molecule has 0 N–H and O–H groups in total. The van der Waals surface area contributed by atoms with Gasteiger partial charge in [0.05, 0.1) is 12.1 Å². The smallest absolute Gasteiger partial charge is 0.410 e. The third-order valence-corrected chi connectivity index (χ3v) is 5.15. The topological polar surface area (TPSA) is 75.9 Å². The Balaban J connectivity index is 1.81. The molecule has 0 unspecified atom stereocenters. The molecule has 2 saturated heterocycles. The lowest BCUT2D eigenvalue weighted by Crippen LogP contribution is -2.51. The number of nitrogens with zero attached hydrogens (tertiary/aromatic N) is 3. The molecule has 2 aliphatic heterocycles. The molecular weight excluding hydrogens is 334 g/mol. The number of carbonyl (C=O) groups excluding carboxylic acids is 2. The molecule has 2 atom stereocenters. The van der Waals surface area contributed by atoms with Crippen molar-refractivity contribution in [1.29, 1.82) is 0 Å². The lowest BCUT2D eigenvalue weighted by Gasteiger charge is -2.37. The van der Waals surface area contributed by atoms with Gasteiger partial charge in [0.2, 0.25) is 0 Å². The van der Waals surface area contributed by atoms with Gasteiger partial charge in [-0.05, 0) is 47.0 Å². The number of fused-ring (bicyclic) bond motifs is 1. The van der Waals surface area contributed by atoms with Crippen LogP contribution >= 0.6 is 0 Å². The summed E-state index contributed by atoms with van der Waals surface area (Å²) in [6.07, 6.45) is 5.78. The van der Waals surface area contributed by atoms with Gasteiger partial charge >= 0.3 is 6.09 Å². The standard InChI is InChI=1S/C19H29N3O4/c1-13-16(20-12-25-13)17(23)21-11-9-15-14(21)8-6-5-7-10-22(15)18(24)26-19(2,3)4/h12,14-15H,5-11H2,1-4H3/t14-,15-/m1/s1. The first kappa shape index (κ1) is 18.7. The van der Waals surface area contributed by atoms with E-state index >= 15 is 0 Å². The van der Waals surface area contributed by atoms with E-state index < -0.39 is 5.60 Å². The van der Waals surface area contributed by atoms with Crippen molar-refractivity contribution < 1.29 is 18.7 Å². The molecule has 7 nitrogen and oxygen atoms in total. The highest BCUT2D eigenvalue weighted by Gasteiger charge is 2.43. The van der Waals surface area contributed by atoms with Gasteiger partial charge in [-0.3, -0.25) is 4.79 Å². The number of hydrogen-bond acceptors (Lipinski definition) is 5. The zero-order chi connectivity index (χ0) is 18.9. The summed E-state index contributed by atoms with van der Waals surface area (Å²) < 4.78 is 10.8. The van der Waals surface area contributed by atoms with Gasteiger partial charge in [-0.1, -0.05) is 12.8 Å². The Bertz CT molecular complexity index is 664. The predicted octanol–water partition coefficient (Wildman–Crippen LogP) is 3.38. The van der Waals surface area contributed by atoms with Crippen molar-refractivity contribution in [2.75, 3.05) is 13.1 Å². The van der Waals surface area contributed by atoms with Crippen LogP contribution in [0.25, 0.3) is 0 Å². The van der Waals surface area contributed by atoms with Gasteiger partial charge in [-0.2, -0.15) is 0 Å². The number of likely N-dealkylation sites (tertiary alicyclic amines) is 2. The molecule has 2 fully saturated rings. The summed E-state index contributed by atoms with van der Waals surface area (Å²) in [5.74, 6) is 0.432. The molecule has 144 valence electrons. The Hall–Kier alpha value is -2.05. The van der Waals surface area contributed by atoms with Crippen LogP contribution in [0.3, 0.4) is 0 Å². The largest absolute Gasteiger partial charge is 0.448 e. The summed E-state index contributed by atoms with van der Waals surface area (Å²) in [7, 11) is 0. The summed E-state index contributed by atoms with van der Waals surface area (Å²) in [4.78, 5) is 33.5. The number of oxazole rings is 1. The SMILES string of the molecule is Cc1ocnc1C(=O)N1CC[C@@H]2[C@H]1CCCCCN2C(=O)OC(C)(C)C. The van der Waals surface area contributed by atoms with E-state index in [0.29, 0.717) is 24.5 Å². The minimum absolute atomic E-state index is 0.00121. The third kappa shape index (κ3) is 3.86. The van der Waals surface area contributed by atoms with Crippen LogP contribution in [0.2, 0.25) is 0 Å². The van der Waals surface area contributed by atoms with Crippen molar-refractivity contribution >= 4 is 12.0 Å². The molecule has 3 rings (SSSR count). The number of aryl methyl sites for hydroxylation is 1. The fourth-order valence-corrected chi connectivity index (χ4v) is 3.97. The maximum atomic E-state index is 13.0. The van der Waals surface area contributed by atoms with Crippen LogP contribution in [-0.4, -0.2) is 57.6 Å². The summed E-state index contributed by atoms with van der Waals surface area (Å²) in [6.45, 7) is 8.69. The van der Waals surface area contributed by atoms with Gasteiger partial charge in [0.1, 0.15) is 11.4 Å². The fourth-order valence-electron chi connectivity index (χ4n) is 3.97. The fraction of sp³-hybridized carbons (Fsp3) is 0.737. The number of rotatable bonds is 1. The van der Waals surface area contributed by atoms with Crippen LogP contribution in [0.1, 0.15) is 69.1 Å². The normalized spacial score (nSPS) is 24.0. The average molecular weight is 363 g/mol. The van der Waals surface area contributed by atoms with Gasteiger partial charge in [0.25, 0.3) is 5.91 Å². The van der Waals surface area contributed by atoms with E-state index in [9.17, 15) is 9.59 Å². The highest BCUT2D eigenvalue weighted by atomic mass is 16.6. The van der Waals surface area contributed by atoms with Crippen LogP contribution in [0.4, 0.5) is 4.79 Å². The van der Waals surface area contributed by atoms with Gasteiger partial charge in [-0.25, -0.2) is 9.78 Å². The van der Waals surface area contributed by atoms with Crippen molar-refractivity contribution in [2.45, 2.75) is 77.5 Å². The monoisotopic (exact) mass is 363 g/mol. The van der Waals surface area contributed by atoms with Crippen LogP contribution < -0.4 is 0 Å². The summed E-state index contributed by atoms with van der Waals surface area (Å²) >= 11 is 0. The van der Waals surface area contributed by atoms with Crippen LogP contribution in [-0.2, 0) is 4.74 Å². The Kier molecular flexibility index (Phi) is 5.25. The van der Waals surface area contributed by atoms with E-state index in [1.54, 1.807) is 6.92 Å². The molecule has 0 aromatic carbocycles. The lowest BCUT2D eigenvalue weighted by molar-refractivity contribution is 0.00894. The Labute approximate surface area is 154 Å². The minimum atomic E-state index is -0.527. The summed E-state index contributed by atoms with van der Waals surface area (Å²) in [6, 6.07) is 0.00715. The van der Waals surface area contributed by atoms with E-state index in [1.807, 2.05) is 30.6 Å². The van der Waals surface area contributed by atoms with Crippen LogP contribution in [0.15, 0.2) is 10.8 Å². The molecule has 0 bridgehead atoms. The third-order valence-electron chi connectivity index (χ3n) is 5.15. The second-order valence-corrected chi connectivity index (χ2v) is 8.20. The second kappa shape index (κ2) is 7.29.